The van der Waals surface area contributed by atoms with Crippen LogP contribution in [-0.2, 0) is 24.1 Å². The van der Waals surface area contributed by atoms with Gasteiger partial charge in [0.15, 0.2) is 0 Å². The van der Waals surface area contributed by atoms with Crippen LogP contribution < -0.4 is 20.9 Å². The number of carbonyl (C=O) groups is 2. The van der Waals surface area contributed by atoms with Gasteiger partial charge in [0, 0.05) is 24.8 Å². The van der Waals surface area contributed by atoms with Gasteiger partial charge in [-0.15, -0.1) is 0 Å². The number of aryl methyl sites for hydroxylation is 2. The second-order valence-electron chi connectivity index (χ2n) is 8.63. The SMILES string of the molecule is Cc1cc(NS(=O)(=O)c2ccc3c(c2)c(=O)n(C)c(=O)n3C)ccc1N1C(=O)c2ccc(Cl)cc2C1=O. The van der Waals surface area contributed by atoms with Crippen LogP contribution >= 0.6 is 11.6 Å². The number of imide groups is 1. The molecule has 5 rings (SSSR count). The standard InChI is InChI=1S/C25H19ClN4O6S/c1-13-10-15(5-8-20(13)30-23(32)17-7-4-14(26)11-18(17)24(30)33)27-37(35,36)16-6-9-21-19(12-16)22(31)29(3)25(34)28(21)2/h4-12,27H,1-3H3. The lowest BCUT2D eigenvalue weighted by molar-refractivity contribution is 0.0926. The van der Waals surface area contributed by atoms with E-state index in [1.165, 1.54) is 73.3 Å². The third-order valence-electron chi connectivity index (χ3n) is 6.29. The topological polar surface area (TPSA) is 128 Å². The van der Waals surface area contributed by atoms with E-state index >= 15 is 0 Å². The van der Waals surface area contributed by atoms with E-state index in [2.05, 4.69) is 4.72 Å². The van der Waals surface area contributed by atoms with Crippen LogP contribution in [0.2, 0.25) is 5.02 Å². The monoisotopic (exact) mass is 538 g/mol. The van der Waals surface area contributed by atoms with Gasteiger partial charge >= 0.3 is 5.69 Å². The van der Waals surface area contributed by atoms with E-state index in [0.29, 0.717) is 21.8 Å². The molecule has 0 saturated carbocycles. The molecule has 0 radical (unpaired) electrons. The smallest absolute Gasteiger partial charge is 0.296 e. The zero-order valence-electron chi connectivity index (χ0n) is 19.8. The Morgan fingerprint density at radius 2 is 1.51 bits per heavy atom. The Labute approximate surface area is 215 Å². The summed E-state index contributed by atoms with van der Waals surface area (Å²) in [6.45, 7) is 1.64. The highest BCUT2D eigenvalue weighted by Gasteiger charge is 2.37. The minimum absolute atomic E-state index is 0.0738. The molecule has 0 unspecified atom stereocenters. The molecule has 0 aliphatic carbocycles. The van der Waals surface area contributed by atoms with Crippen molar-refractivity contribution in [1.29, 1.82) is 0 Å². The minimum Gasteiger partial charge on any atom is -0.296 e. The molecule has 0 atom stereocenters. The fraction of sp³-hybridized carbons (Fsp3) is 0.120. The molecule has 0 saturated heterocycles. The van der Waals surface area contributed by atoms with Crippen LogP contribution in [0.15, 0.2) is 69.1 Å². The first-order valence-corrected chi connectivity index (χ1v) is 12.8. The minimum atomic E-state index is -4.12. The highest BCUT2D eigenvalue weighted by Crippen LogP contribution is 2.33. The summed E-state index contributed by atoms with van der Waals surface area (Å²) in [5.41, 5.74) is 0.563. The first kappa shape index (κ1) is 24.5. The number of amides is 2. The van der Waals surface area contributed by atoms with Gasteiger partial charge in [-0.05, 0) is 67.1 Å². The van der Waals surface area contributed by atoms with E-state index in [1.807, 2.05) is 0 Å². The Morgan fingerprint density at radius 1 is 0.811 bits per heavy atom. The van der Waals surface area contributed by atoms with Gasteiger partial charge in [0.2, 0.25) is 0 Å². The Morgan fingerprint density at radius 3 is 2.22 bits per heavy atom. The van der Waals surface area contributed by atoms with Crippen LogP contribution in [0, 0.1) is 6.92 Å². The second-order valence-corrected chi connectivity index (χ2v) is 10.7. The van der Waals surface area contributed by atoms with Crippen molar-refractivity contribution >= 4 is 55.7 Å². The molecule has 0 spiro atoms. The molecule has 2 heterocycles. The van der Waals surface area contributed by atoms with E-state index < -0.39 is 33.1 Å². The zero-order chi connectivity index (χ0) is 26.8. The van der Waals surface area contributed by atoms with Crippen molar-refractivity contribution in [3.8, 4) is 0 Å². The van der Waals surface area contributed by atoms with Crippen LogP contribution in [0.4, 0.5) is 11.4 Å². The largest absolute Gasteiger partial charge is 0.330 e. The molecule has 0 fully saturated rings. The van der Waals surface area contributed by atoms with E-state index in [1.54, 1.807) is 6.92 Å². The van der Waals surface area contributed by atoms with Gasteiger partial charge in [-0.25, -0.2) is 18.1 Å². The Balaban J connectivity index is 1.48. The predicted octanol–water partition coefficient (Wildman–Crippen LogP) is 2.80. The summed E-state index contributed by atoms with van der Waals surface area (Å²) in [7, 11) is -1.32. The summed E-state index contributed by atoms with van der Waals surface area (Å²) < 4.78 is 30.8. The predicted molar refractivity (Wildman–Crippen MR) is 139 cm³/mol. The van der Waals surface area contributed by atoms with Crippen molar-refractivity contribution < 1.29 is 18.0 Å². The van der Waals surface area contributed by atoms with Gasteiger partial charge in [-0.2, -0.15) is 0 Å². The Kier molecular flexibility index (Phi) is 5.57. The van der Waals surface area contributed by atoms with Gasteiger partial charge in [0.25, 0.3) is 27.4 Å². The lowest BCUT2D eigenvalue weighted by Crippen LogP contribution is -2.37. The lowest BCUT2D eigenvalue weighted by atomic mass is 10.1. The average Bonchev–Trinajstić information content (AvgIpc) is 3.10. The maximum atomic E-state index is 13.1. The third kappa shape index (κ3) is 3.83. The number of anilines is 2. The summed E-state index contributed by atoms with van der Waals surface area (Å²) in [6.07, 6.45) is 0. The van der Waals surface area contributed by atoms with Crippen molar-refractivity contribution in [2.45, 2.75) is 11.8 Å². The maximum absolute atomic E-state index is 13.1. The highest BCUT2D eigenvalue weighted by atomic mass is 35.5. The average molecular weight is 539 g/mol. The van der Waals surface area contributed by atoms with Crippen molar-refractivity contribution in [2.24, 2.45) is 14.1 Å². The van der Waals surface area contributed by atoms with E-state index in [-0.39, 0.29) is 27.1 Å². The molecule has 3 aromatic carbocycles. The summed E-state index contributed by atoms with van der Waals surface area (Å²) in [5.74, 6) is -1.02. The third-order valence-corrected chi connectivity index (χ3v) is 7.90. The first-order chi connectivity index (χ1) is 17.4. The van der Waals surface area contributed by atoms with Crippen LogP contribution in [0.5, 0.6) is 0 Å². The first-order valence-electron chi connectivity index (χ1n) is 10.9. The van der Waals surface area contributed by atoms with Crippen molar-refractivity contribution in [1.82, 2.24) is 9.13 Å². The molecule has 4 aromatic rings. The quantitative estimate of drug-likeness (QED) is 0.398. The number of nitrogens with one attached hydrogen (secondary N) is 1. The van der Waals surface area contributed by atoms with Crippen LogP contribution in [0.3, 0.4) is 0 Å². The van der Waals surface area contributed by atoms with Crippen molar-refractivity contribution in [3.05, 3.63) is 97.1 Å². The molecule has 1 N–H and O–H groups in total. The molecule has 2 amide bonds. The maximum Gasteiger partial charge on any atom is 0.330 e. The summed E-state index contributed by atoms with van der Waals surface area (Å²) >= 11 is 5.98. The fourth-order valence-electron chi connectivity index (χ4n) is 4.36. The number of halogens is 1. The van der Waals surface area contributed by atoms with Gasteiger partial charge < -0.3 is 0 Å². The fourth-order valence-corrected chi connectivity index (χ4v) is 5.60. The summed E-state index contributed by atoms with van der Waals surface area (Å²) in [6, 6.07) is 12.8. The van der Waals surface area contributed by atoms with Crippen LogP contribution in [-0.4, -0.2) is 29.4 Å². The number of hydrogen-bond donors (Lipinski definition) is 1. The Hall–Kier alpha value is -4.22. The molecule has 1 aliphatic heterocycles. The number of sulfonamides is 1. The number of rotatable bonds is 4. The molecular formula is C25H19ClN4O6S. The summed E-state index contributed by atoms with van der Waals surface area (Å²) in [5, 5.41) is 0.404. The van der Waals surface area contributed by atoms with Gasteiger partial charge in [0.05, 0.1) is 32.6 Å². The second kappa shape index (κ2) is 8.43. The van der Waals surface area contributed by atoms with E-state index in [0.717, 1.165) is 9.47 Å². The summed E-state index contributed by atoms with van der Waals surface area (Å²) in [4.78, 5) is 51.3. The number of carbonyl (C=O) groups excluding carboxylic acids is 2. The molecule has 12 heteroatoms. The van der Waals surface area contributed by atoms with E-state index in [9.17, 15) is 27.6 Å². The molecular weight excluding hydrogens is 520 g/mol. The molecule has 1 aromatic heterocycles. The Bertz CT molecular complexity index is 1910. The number of aromatic nitrogens is 2. The lowest BCUT2D eigenvalue weighted by Gasteiger charge is -2.18. The van der Waals surface area contributed by atoms with Crippen molar-refractivity contribution in [2.75, 3.05) is 9.62 Å². The van der Waals surface area contributed by atoms with Crippen molar-refractivity contribution in [3.63, 3.8) is 0 Å². The van der Waals surface area contributed by atoms with Gasteiger partial charge in [0.1, 0.15) is 0 Å². The van der Waals surface area contributed by atoms with Crippen LogP contribution in [0.1, 0.15) is 26.3 Å². The molecule has 1 aliphatic rings. The molecule has 10 nitrogen and oxygen atoms in total. The van der Waals surface area contributed by atoms with Gasteiger partial charge in [-0.3, -0.25) is 28.2 Å². The van der Waals surface area contributed by atoms with E-state index in [4.69, 9.17) is 11.6 Å². The number of fused-ring (bicyclic) bond motifs is 2. The number of nitrogens with zero attached hydrogens (tertiary/aromatic N) is 3. The molecule has 188 valence electrons. The normalized spacial score (nSPS) is 13.4. The van der Waals surface area contributed by atoms with Gasteiger partial charge in [-0.1, -0.05) is 11.6 Å². The zero-order valence-corrected chi connectivity index (χ0v) is 21.3. The van der Waals surface area contributed by atoms with Crippen LogP contribution in [0.25, 0.3) is 10.9 Å². The highest BCUT2D eigenvalue weighted by molar-refractivity contribution is 7.92. The number of hydrogen-bond acceptors (Lipinski definition) is 6. The molecule has 37 heavy (non-hydrogen) atoms. The number of benzene rings is 3. The molecule has 0 bridgehead atoms.